The van der Waals surface area contributed by atoms with E-state index in [0.29, 0.717) is 27.4 Å². The van der Waals surface area contributed by atoms with E-state index in [0.717, 1.165) is 13.0 Å². The van der Waals surface area contributed by atoms with Crippen LogP contribution in [-0.2, 0) is 0 Å². The quantitative estimate of drug-likeness (QED) is 0.749. The summed E-state index contributed by atoms with van der Waals surface area (Å²) >= 11 is 17.8. The molecular weight excluding hydrogens is 309 g/mol. The normalized spacial score (nSPS) is 14.2. The van der Waals surface area contributed by atoms with Gasteiger partial charge in [0.15, 0.2) is 5.75 Å². The Labute approximate surface area is 128 Å². The highest BCUT2D eigenvalue weighted by Crippen LogP contribution is 2.36. The van der Waals surface area contributed by atoms with Crippen LogP contribution in [0.15, 0.2) is 12.1 Å². The Kier molecular flexibility index (Phi) is 6.71. The lowest BCUT2D eigenvalue weighted by molar-refractivity contribution is 0.0125. The molecule has 6 heteroatoms. The van der Waals surface area contributed by atoms with Gasteiger partial charge in [0.2, 0.25) is 0 Å². The summed E-state index contributed by atoms with van der Waals surface area (Å²) in [6, 6.07) is 3.10. The molecule has 2 N–H and O–H groups in total. The van der Waals surface area contributed by atoms with Crippen LogP contribution >= 0.6 is 34.8 Å². The molecule has 1 aromatic carbocycles. The summed E-state index contributed by atoms with van der Waals surface area (Å²) in [5.41, 5.74) is -0.999. The van der Waals surface area contributed by atoms with Crippen LogP contribution in [0.3, 0.4) is 0 Å². The van der Waals surface area contributed by atoms with E-state index in [4.69, 9.17) is 39.5 Å². The van der Waals surface area contributed by atoms with Gasteiger partial charge in [-0.25, -0.2) is 0 Å². The van der Waals surface area contributed by atoms with Crippen LogP contribution in [0.2, 0.25) is 15.1 Å². The van der Waals surface area contributed by atoms with E-state index in [-0.39, 0.29) is 6.61 Å². The van der Waals surface area contributed by atoms with E-state index in [1.54, 1.807) is 19.1 Å². The van der Waals surface area contributed by atoms with Gasteiger partial charge in [-0.2, -0.15) is 0 Å². The average Bonchev–Trinajstić information content (AvgIpc) is 2.27. The fourth-order valence-electron chi connectivity index (χ4n) is 1.48. The fraction of sp³-hybridized carbons (Fsp3) is 0.538. The summed E-state index contributed by atoms with van der Waals surface area (Å²) in [6.45, 7) is 5.12. The molecule has 0 bridgehead atoms. The Morgan fingerprint density at radius 2 is 1.84 bits per heavy atom. The molecule has 1 unspecified atom stereocenters. The number of nitrogens with one attached hydrogen (secondary N) is 1. The van der Waals surface area contributed by atoms with Crippen molar-refractivity contribution in [2.24, 2.45) is 0 Å². The second kappa shape index (κ2) is 7.55. The van der Waals surface area contributed by atoms with Crippen molar-refractivity contribution in [1.29, 1.82) is 0 Å². The molecule has 0 aliphatic carbocycles. The molecule has 3 nitrogen and oxygen atoms in total. The van der Waals surface area contributed by atoms with Gasteiger partial charge in [-0.1, -0.05) is 41.7 Å². The Morgan fingerprint density at radius 1 is 1.26 bits per heavy atom. The third-order valence-electron chi connectivity index (χ3n) is 2.42. The smallest absolute Gasteiger partial charge is 0.156 e. The summed E-state index contributed by atoms with van der Waals surface area (Å²) in [7, 11) is 0. The van der Waals surface area contributed by atoms with Crippen molar-refractivity contribution in [3.8, 4) is 5.75 Å². The zero-order valence-corrected chi connectivity index (χ0v) is 13.2. The summed E-state index contributed by atoms with van der Waals surface area (Å²) < 4.78 is 5.51. The minimum atomic E-state index is -0.999. The molecule has 0 fully saturated rings. The highest BCUT2D eigenvalue weighted by Gasteiger charge is 2.22. The van der Waals surface area contributed by atoms with Crippen molar-refractivity contribution < 1.29 is 9.84 Å². The van der Waals surface area contributed by atoms with E-state index in [1.807, 2.05) is 0 Å². The van der Waals surface area contributed by atoms with E-state index < -0.39 is 5.60 Å². The second-order valence-corrected chi connectivity index (χ2v) is 5.91. The average molecular weight is 327 g/mol. The topological polar surface area (TPSA) is 41.5 Å². The van der Waals surface area contributed by atoms with Crippen LogP contribution in [0, 0.1) is 0 Å². The van der Waals surface area contributed by atoms with Crippen molar-refractivity contribution in [1.82, 2.24) is 5.32 Å². The van der Waals surface area contributed by atoms with Crippen LogP contribution in [0.25, 0.3) is 0 Å². The van der Waals surface area contributed by atoms with Gasteiger partial charge in [-0.15, -0.1) is 0 Å². The van der Waals surface area contributed by atoms with Gasteiger partial charge >= 0.3 is 0 Å². The lowest BCUT2D eigenvalue weighted by Gasteiger charge is -2.24. The van der Waals surface area contributed by atoms with Crippen LogP contribution in [0.1, 0.15) is 20.3 Å². The maximum absolute atomic E-state index is 10.1. The minimum absolute atomic E-state index is 0.0881. The van der Waals surface area contributed by atoms with Crippen molar-refractivity contribution in [3.63, 3.8) is 0 Å². The Bertz CT molecular complexity index is 401. The second-order valence-electron chi connectivity index (χ2n) is 4.66. The van der Waals surface area contributed by atoms with Gasteiger partial charge in [-0.05, 0) is 32.0 Å². The first-order valence-corrected chi connectivity index (χ1v) is 7.19. The van der Waals surface area contributed by atoms with Gasteiger partial charge in [0.05, 0.1) is 10.0 Å². The van der Waals surface area contributed by atoms with E-state index in [2.05, 4.69) is 12.2 Å². The largest absolute Gasteiger partial charge is 0.487 e. The number of aliphatic hydroxyl groups is 1. The molecular formula is C13H18Cl3NO2. The standard InChI is InChI=1S/C13H18Cl3NO2/c1-3-4-17-7-13(2,18)8-19-12-10(15)5-9(14)6-11(12)16/h5-6,17-18H,3-4,7-8H2,1-2H3. The maximum Gasteiger partial charge on any atom is 0.156 e. The van der Waals surface area contributed by atoms with Crippen molar-refractivity contribution in [3.05, 3.63) is 27.2 Å². The molecule has 0 aromatic heterocycles. The maximum atomic E-state index is 10.1. The van der Waals surface area contributed by atoms with Crippen LogP contribution in [-0.4, -0.2) is 30.4 Å². The third kappa shape index (κ3) is 5.76. The number of halogens is 3. The molecule has 0 amide bonds. The summed E-state index contributed by atoms with van der Waals surface area (Å²) in [5.74, 6) is 0.337. The molecule has 0 heterocycles. The molecule has 1 aromatic rings. The number of benzene rings is 1. The van der Waals surface area contributed by atoms with E-state index in [1.165, 1.54) is 0 Å². The fourth-order valence-corrected chi connectivity index (χ4v) is 2.41. The van der Waals surface area contributed by atoms with Crippen LogP contribution in [0.4, 0.5) is 0 Å². The zero-order chi connectivity index (χ0) is 14.5. The molecule has 0 aliphatic heterocycles. The predicted molar refractivity (Wildman–Crippen MR) is 80.8 cm³/mol. The van der Waals surface area contributed by atoms with Crippen molar-refractivity contribution in [2.45, 2.75) is 25.9 Å². The predicted octanol–water partition coefficient (Wildman–Crippen LogP) is 3.78. The highest BCUT2D eigenvalue weighted by atomic mass is 35.5. The molecule has 0 spiro atoms. The number of ether oxygens (including phenoxy) is 1. The first-order valence-electron chi connectivity index (χ1n) is 6.06. The molecule has 1 rings (SSSR count). The Balaban J connectivity index is 2.61. The lowest BCUT2D eigenvalue weighted by Crippen LogP contribution is -2.43. The first-order chi connectivity index (χ1) is 8.85. The monoisotopic (exact) mass is 325 g/mol. The van der Waals surface area contributed by atoms with E-state index in [9.17, 15) is 5.11 Å². The third-order valence-corrected chi connectivity index (χ3v) is 3.20. The van der Waals surface area contributed by atoms with Gasteiger partial charge in [0, 0.05) is 11.6 Å². The molecule has 0 radical (unpaired) electrons. The van der Waals surface area contributed by atoms with Gasteiger partial charge in [0.25, 0.3) is 0 Å². The molecule has 19 heavy (non-hydrogen) atoms. The summed E-state index contributed by atoms with van der Waals surface area (Å²) in [4.78, 5) is 0. The lowest BCUT2D eigenvalue weighted by atomic mass is 10.1. The molecule has 1 atom stereocenters. The molecule has 0 aliphatic rings. The molecule has 0 saturated carbocycles. The van der Waals surface area contributed by atoms with Crippen molar-refractivity contribution in [2.75, 3.05) is 19.7 Å². The number of hydrogen-bond donors (Lipinski definition) is 2. The molecule has 108 valence electrons. The van der Waals surface area contributed by atoms with Gasteiger partial charge in [-0.3, -0.25) is 0 Å². The van der Waals surface area contributed by atoms with Crippen LogP contribution in [0.5, 0.6) is 5.75 Å². The Morgan fingerprint density at radius 3 is 2.37 bits per heavy atom. The first kappa shape index (κ1) is 16.9. The summed E-state index contributed by atoms with van der Waals surface area (Å²) in [5, 5.41) is 14.4. The van der Waals surface area contributed by atoms with E-state index >= 15 is 0 Å². The zero-order valence-electron chi connectivity index (χ0n) is 11.0. The van der Waals surface area contributed by atoms with Crippen LogP contribution < -0.4 is 10.1 Å². The SMILES string of the molecule is CCCNCC(C)(O)COc1c(Cl)cc(Cl)cc1Cl. The Hall–Kier alpha value is -0.190. The number of hydrogen-bond acceptors (Lipinski definition) is 3. The van der Waals surface area contributed by atoms with Gasteiger partial charge < -0.3 is 15.2 Å². The molecule has 0 saturated heterocycles. The summed E-state index contributed by atoms with van der Waals surface area (Å²) in [6.07, 6.45) is 1.01. The van der Waals surface area contributed by atoms with Crippen molar-refractivity contribution >= 4 is 34.8 Å². The number of rotatable bonds is 7. The highest BCUT2D eigenvalue weighted by molar-refractivity contribution is 6.40. The minimum Gasteiger partial charge on any atom is -0.487 e. The van der Waals surface area contributed by atoms with Gasteiger partial charge in [0.1, 0.15) is 12.2 Å².